The van der Waals surface area contributed by atoms with E-state index in [-0.39, 0.29) is 11.5 Å². The van der Waals surface area contributed by atoms with Gasteiger partial charge in [0.1, 0.15) is 11.6 Å². The summed E-state index contributed by atoms with van der Waals surface area (Å²) in [4.78, 5) is 0. The molecule has 0 bridgehead atoms. The number of halogens is 3. The van der Waals surface area contributed by atoms with Crippen molar-refractivity contribution < 1.29 is 8.78 Å². The van der Waals surface area contributed by atoms with Gasteiger partial charge >= 0.3 is 0 Å². The van der Waals surface area contributed by atoms with E-state index in [4.69, 9.17) is 0 Å². The molecule has 0 heterocycles. The van der Waals surface area contributed by atoms with Gasteiger partial charge in [-0.05, 0) is 66.3 Å². The zero-order valence-electron chi connectivity index (χ0n) is 9.06. The normalized spacial score (nSPS) is 24.2. The summed E-state index contributed by atoms with van der Waals surface area (Å²) in [6, 6.07) is 2.75. The van der Waals surface area contributed by atoms with E-state index in [0.717, 1.165) is 19.4 Å². The Hall–Kier alpha value is -0.480. The minimum Gasteiger partial charge on any atom is -0.319 e. The van der Waals surface area contributed by atoms with Crippen LogP contribution in [0.4, 0.5) is 8.78 Å². The van der Waals surface area contributed by atoms with Crippen LogP contribution in [0.3, 0.4) is 0 Å². The maximum Gasteiger partial charge on any atom is 0.143 e. The molecule has 2 unspecified atom stereocenters. The molecule has 0 aliphatic heterocycles. The fourth-order valence-corrected chi connectivity index (χ4v) is 2.68. The molecular formula is C12H14BrF2N. The van der Waals surface area contributed by atoms with Crippen LogP contribution in [0.1, 0.15) is 24.3 Å². The third-order valence-corrected chi connectivity index (χ3v) is 3.95. The Balaban J connectivity index is 2.30. The summed E-state index contributed by atoms with van der Waals surface area (Å²) >= 11 is 3.10. The first-order valence-electron chi connectivity index (χ1n) is 5.43. The van der Waals surface area contributed by atoms with Gasteiger partial charge in [-0.1, -0.05) is 0 Å². The van der Waals surface area contributed by atoms with Gasteiger partial charge in [-0.25, -0.2) is 8.78 Å². The smallest absolute Gasteiger partial charge is 0.143 e. The van der Waals surface area contributed by atoms with Crippen LogP contribution in [0.15, 0.2) is 16.6 Å². The van der Waals surface area contributed by atoms with E-state index in [9.17, 15) is 8.78 Å². The van der Waals surface area contributed by atoms with Crippen molar-refractivity contribution in [1.29, 1.82) is 0 Å². The molecule has 1 aliphatic rings. The van der Waals surface area contributed by atoms with Crippen molar-refractivity contribution in [3.8, 4) is 0 Å². The number of nitrogens with one attached hydrogen (secondary N) is 1. The monoisotopic (exact) mass is 289 g/mol. The van der Waals surface area contributed by atoms with Crippen LogP contribution >= 0.6 is 15.9 Å². The number of hydrogen-bond donors (Lipinski definition) is 1. The van der Waals surface area contributed by atoms with E-state index in [2.05, 4.69) is 21.2 Å². The van der Waals surface area contributed by atoms with E-state index < -0.39 is 11.6 Å². The molecule has 2 atom stereocenters. The van der Waals surface area contributed by atoms with Crippen LogP contribution in [0.25, 0.3) is 0 Å². The molecule has 1 saturated carbocycles. The molecule has 0 radical (unpaired) electrons. The van der Waals surface area contributed by atoms with Crippen molar-refractivity contribution in [2.45, 2.75) is 18.8 Å². The highest BCUT2D eigenvalue weighted by Crippen LogP contribution is 2.44. The van der Waals surface area contributed by atoms with Crippen LogP contribution in [0.2, 0.25) is 0 Å². The zero-order valence-corrected chi connectivity index (χ0v) is 10.7. The second-order valence-corrected chi connectivity index (χ2v) is 5.11. The lowest BCUT2D eigenvalue weighted by atomic mass is 9.69. The predicted molar refractivity (Wildman–Crippen MR) is 63.4 cm³/mol. The Bertz CT molecular complexity index is 395. The molecule has 1 nitrogen and oxygen atoms in total. The fourth-order valence-electron chi connectivity index (χ4n) is 2.34. The highest BCUT2D eigenvalue weighted by molar-refractivity contribution is 9.10. The average Bonchev–Trinajstić information content (AvgIpc) is 2.24. The van der Waals surface area contributed by atoms with Gasteiger partial charge in [0.25, 0.3) is 0 Å². The van der Waals surface area contributed by atoms with Crippen molar-refractivity contribution in [2.24, 2.45) is 5.92 Å². The Labute approximate surface area is 102 Å². The number of hydrogen-bond acceptors (Lipinski definition) is 1. The van der Waals surface area contributed by atoms with Gasteiger partial charge in [0, 0.05) is 5.56 Å². The molecule has 1 N–H and O–H groups in total. The molecule has 0 aromatic heterocycles. The molecule has 0 amide bonds. The third-order valence-electron chi connectivity index (χ3n) is 3.33. The fraction of sp³-hybridized carbons (Fsp3) is 0.500. The number of rotatable bonds is 3. The van der Waals surface area contributed by atoms with Crippen molar-refractivity contribution >= 4 is 15.9 Å². The molecule has 1 aromatic carbocycles. The Morgan fingerprint density at radius 3 is 2.69 bits per heavy atom. The maximum atomic E-state index is 13.8. The molecule has 1 aromatic rings. The van der Waals surface area contributed by atoms with Gasteiger partial charge in [0.05, 0.1) is 4.47 Å². The summed E-state index contributed by atoms with van der Waals surface area (Å²) in [5.74, 6) is -0.495. The first-order valence-corrected chi connectivity index (χ1v) is 6.22. The first-order chi connectivity index (χ1) is 7.65. The van der Waals surface area contributed by atoms with E-state index in [1.165, 1.54) is 12.1 Å². The van der Waals surface area contributed by atoms with Gasteiger partial charge in [-0.15, -0.1) is 0 Å². The van der Waals surface area contributed by atoms with Crippen LogP contribution in [-0.2, 0) is 0 Å². The van der Waals surface area contributed by atoms with E-state index in [0.29, 0.717) is 10.4 Å². The SMILES string of the molecule is CNCC1CCC1c1c(F)ccc(Br)c1F. The highest BCUT2D eigenvalue weighted by atomic mass is 79.9. The highest BCUT2D eigenvalue weighted by Gasteiger charge is 2.35. The molecule has 0 spiro atoms. The lowest BCUT2D eigenvalue weighted by Gasteiger charge is -2.37. The summed E-state index contributed by atoms with van der Waals surface area (Å²) in [6.45, 7) is 0.816. The van der Waals surface area contributed by atoms with E-state index in [1.807, 2.05) is 7.05 Å². The van der Waals surface area contributed by atoms with Crippen molar-refractivity contribution in [2.75, 3.05) is 13.6 Å². The minimum absolute atomic E-state index is 0.0185. The van der Waals surface area contributed by atoms with Crippen molar-refractivity contribution in [1.82, 2.24) is 5.32 Å². The minimum atomic E-state index is -0.439. The van der Waals surface area contributed by atoms with Gasteiger partial charge in [-0.2, -0.15) is 0 Å². The quantitative estimate of drug-likeness (QED) is 0.841. The van der Waals surface area contributed by atoms with Crippen molar-refractivity contribution in [3.05, 3.63) is 33.8 Å². The standard InChI is InChI=1S/C12H14BrF2N/c1-16-6-7-2-3-8(7)11-10(14)5-4-9(13)12(11)15/h4-5,7-8,16H,2-3,6H2,1H3. The van der Waals surface area contributed by atoms with E-state index >= 15 is 0 Å². The Kier molecular flexibility index (Phi) is 3.60. The number of benzene rings is 1. The molecule has 16 heavy (non-hydrogen) atoms. The molecule has 0 saturated heterocycles. The summed E-state index contributed by atoms with van der Waals surface area (Å²) in [5.41, 5.74) is 0.251. The van der Waals surface area contributed by atoms with E-state index in [1.54, 1.807) is 0 Å². The lowest BCUT2D eigenvalue weighted by molar-refractivity contribution is 0.239. The molecule has 4 heteroatoms. The first kappa shape index (κ1) is 12.0. The zero-order chi connectivity index (χ0) is 11.7. The van der Waals surface area contributed by atoms with Gasteiger partial charge in [-0.3, -0.25) is 0 Å². The van der Waals surface area contributed by atoms with Gasteiger partial charge in [0.2, 0.25) is 0 Å². The maximum absolute atomic E-state index is 13.8. The average molecular weight is 290 g/mol. The lowest BCUT2D eigenvalue weighted by Crippen LogP contribution is -2.33. The van der Waals surface area contributed by atoms with Crippen LogP contribution in [0, 0.1) is 17.6 Å². The summed E-state index contributed by atoms with van der Waals surface area (Å²) in [6.07, 6.45) is 1.91. The summed E-state index contributed by atoms with van der Waals surface area (Å²) in [7, 11) is 1.86. The topological polar surface area (TPSA) is 12.0 Å². The third kappa shape index (κ3) is 2.00. The van der Waals surface area contributed by atoms with Gasteiger partial charge in [0.15, 0.2) is 0 Å². The molecule has 1 fully saturated rings. The molecular weight excluding hydrogens is 276 g/mol. The summed E-state index contributed by atoms with van der Waals surface area (Å²) < 4.78 is 27.8. The molecule has 88 valence electrons. The van der Waals surface area contributed by atoms with Crippen molar-refractivity contribution in [3.63, 3.8) is 0 Å². The van der Waals surface area contributed by atoms with Gasteiger partial charge < -0.3 is 5.32 Å². The second-order valence-electron chi connectivity index (χ2n) is 4.26. The van der Waals surface area contributed by atoms with Crippen LogP contribution < -0.4 is 5.32 Å². The second kappa shape index (κ2) is 4.80. The largest absolute Gasteiger partial charge is 0.319 e. The van der Waals surface area contributed by atoms with Crippen LogP contribution in [-0.4, -0.2) is 13.6 Å². The molecule has 1 aliphatic carbocycles. The summed E-state index contributed by atoms with van der Waals surface area (Å²) in [5, 5.41) is 3.07. The Morgan fingerprint density at radius 1 is 1.38 bits per heavy atom. The van der Waals surface area contributed by atoms with Crippen LogP contribution in [0.5, 0.6) is 0 Å². The predicted octanol–water partition coefficient (Wildman–Crippen LogP) is 3.44. The molecule has 2 rings (SSSR count). The Morgan fingerprint density at radius 2 is 2.12 bits per heavy atom.